The van der Waals surface area contributed by atoms with Crippen LogP contribution in [0.5, 0.6) is 0 Å². The fourth-order valence-electron chi connectivity index (χ4n) is 2.50. The van der Waals surface area contributed by atoms with Crippen molar-refractivity contribution < 1.29 is 23.9 Å². The first kappa shape index (κ1) is 25.2. The predicted octanol–water partition coefficient (Wildman–Crippen LogP) is 5.01. The molecule has 0 atom stereocenters. The van der Waals surface area contributed by atoms with E-state index in [0.29, 0.717) is 35.0 Å². The fourth-order valence-corrected chi connectivity index (χ4v) is 3.39. The highest BCUT2D eigenvalue weighted by molar-refractivity contribution is 9.09. The Morgan fingerprint density at radius 2 is 1.34 bits per heavy atom. The van der Waals surface area contributed by atoms with E-state index < -0.39 is 0 Å². The molecule has 0 radical (unpaired) electrons. The first-order chi connectivity index (χ1) is 15.4. The number of carbonyl (C=O) groups is 3. The minimum Gasteiger partial charge on any atom is -0.462 e. The first-order valence-electron chi connectivity index (χ1n) is 9.74. The summed E-state index contributed by atoms with van der Waals surface area (Å²) in [6.45, 7) is 4.26. The number of alkyl halides is 1. The molecule has 0 unspecified atom stereocenters. The minimum atomic E-state index is -0.365. The molecule has 32 heavy (non-hydrogen) atoms. The largest absolute Gasteiger partial charge is 0.462 e. The normalized spacial score (nSPS) is 9.97. The molecule has 0 aliphatic rings. The second-order valence-corrected chi connectivity index (χ2v) is 7.67. The second-order valence-electron chi connectivity index (χ2n) is 6.22. The molecule has 7 nitrogen and oxygen atoms in total. The summed E-state index contributed by atoms with van der Waals surface area (Å²) in [6.07, 6.45) is 0. The number of hydrogen-bond acceptors (Lipinski definition) is 8. The molecule has 2 N–H and O–H groups in total. The average molecular weight is 519 g/mol. The summed E-state index contributed by atoms with van der Waals surface area (Å²) >= 11 is 4.48. The van der Waals surface area contributed by atoms with Crippen molar-refractivity contribution in [1.29, 1.82) is 0 Å². The van der Waals surface area contributed by atoms with Crippen LogP contribution < -0.4 is 5.73 Å². The molecule has 2 aromatic carbocycles. The summed E-state index contributed by atoms with van der Waals surface area (Å²) in [4.78, 5) is 38.1. The van der Waals surface area contributed by atoms with Gasteiger partial charge in [0.25, 0.3) is 0 Å². The van der Waals surface area contributed by atoms with Crippen molar-refractivity contribution in [3.63, 3.8) is 0 Å². The molecule has 9 heteroatoms. The van der Waals surface area contributed by atoms with Gasteiger partial charge in [-0.15, -0.1) is 11.3 Å². The van der Waals surface area contributed by atoms with Crippen LogP contribution in [0.1, 0.15) is 44.9 Å². The Balaban J connectivity index is 0.000000229. The van der Waals surface area contributed by atoms with Crippen LogP contribution >= 0.6 is 27.3 Å². The van der Waals surface area contributed by atoms with Crippen molar-refractivity contribution in [3.8, 4) is 11.3 Å². The molecule has 3 aromatic rings. The molecule has 0 fully saturated rings. The number of nitrogens with two attached hydrogens (primary N) is 1. The van der Waals surface area contributed by atoms with Crippen LogP contribution in [0.2, 0.25) is 0 Å². The number of ether oxygens (including phenoxy) is 2. The van der Waals surface area contributed by atoms with Crippen LogP contribution in [-0.2, 0) is 9.47 Å². The molecule has 0 amide bonds. The highest BCUT2D eigenvalue weighted by Gasteiger charge is 2.09. The minimum absolute atomic E-state index is 0.00888. The van der Waals surface area contributed by atoms with Gasteiger partial charge in [-0.3, -0.25) is 4.79 Å². The lowest BCUT2D eigenvalue weighted by molar-refractivity contribution is 0.0516. The van der Waals surface area contributed by atoms with Crippen molar-refractivity contribution in [2.24, 2.45) is 0 Å². The van der Waals surface area contributed by atoms with Crippen LogP contribution in [0, 0.1) is 0 Å². The van der Waals surface area contributed by atoms with E-state index in [9.17, 15) is 14.4 Å². The third kappa shape index (κ3) is 7.28. The number of Topliss-reactive ketones (excluding diaryl/α,β-unsaturated/α-hetero) is 1. The second kappa shape index (κ2) is 12.7. The maximum absolute atomic E-state index is 11.4. The van der Waals surface area contributed by atoms with E-state index in [1.54, 1.807) is 50.2 Å². The third-order valence-electron chi connectivity index (χ3n) is 4.05. The van der Waals surface area contributed by atoms with Crippen LogP contribution in [-0.4, -0.2) is 41.2 Å². The molecule has 168 valence electrons. The van der Waals surface area contributed by atoms with Gasteiger partial charge in [-0.1, -0.05) is 40.2 Å². The van der Waals surface area contributed by atoms with E-state index in [1.165, 1.54) is 11.3 Å². The van der Waals surface area contributed by atoms with E-state index in [2.05, 4.69) is 20.9 Å². The van der Waals surface area contributed by atoms with Crippen molar-refractivity contribution in [1.82, 2.24) is 4.98 Å². The molecule has 1 aromatic heterocycles. The van der Waals surface area contributed by atoms with Gasteiger partial charge in [-0.2, -0.15) is 0 Å². The zero-order chi connectivity index (χ0) is 23.5. The van der Waals surface area contributed by atoms with Gasteiger partial charge in [0.2, 0.25) is 0 Å². The van der Waals surface area contributed by atoms with E-state index in [-0.39, 0.29) is 23.1 Å². The van der Waals surface area contributed by atoms with Gasteiger partial charge in [0.1, 0.15) is 0 Å². The molecule has 0 aliphatic carbocycles. The quantitative estimate of drug-likeness (QED) is 0.266. The number of hydrogen-bond donors (Lipinski definition) is 1. The Bertz CT molecular complexity index is 1050. The van der Waals surface area contributed by atoms with Gasteiger partial charge in [-0.25, -0.2) is 14.6 Å². The number of benzene rings is 2. The van der Waals surface area contributed by atoms with Gasteiger partial charge < -0.3 is 15.2 Å². The summed E-state index contributed by atoms with van der Waals surface area (Å²) in [6, 6.07) is 13.5. The van der Waals surface area contributed by atoms with E-state index in [0.717, 1.165) is 11.3 Å². The van der Waals surface area contributed by atoms with Gasteiger partial charge >= 0.3 is 11.9 Å². The molecule has 3 rings (SSSR count). The summed E-state index contributed by atoms with van der Waals surface area (Å²) < 4.78 is 9.73. The number of anilines is 1. The van der Waals surface area contributed by atoms with Crippen molar-refractivity contribution >= 4 is 50.1 Å². The molecular weight excluding hydrogens is 496 g/mol. The van der Waals surface area contributed by atoms with Crippen molar-refractivity contribution in [2.75, 3.05) is 24.3 Å². The standard InChI is InChI=1S/C12H12N2O2S.C11H11BrO3/c1-2-16-11(15)9-5-3-8(4-6-9)10-7-17-12(13)14-10;1-2-15-11(14)9-5-3-8(4-6-9)10(13)7-12/h3-7H,2H2,1H3,(H2,13,14);3-6H,2,7H2,1H3. The third-order valence-corrected chi connectivity index (χ3v) is 5.24. The Kier molecular flexibility index (Phi) is 10.0. The van der Waals surface area contributed by atoms with Crippen LogP contribution in [0.4, 0.5) is 5.13 Å². The van der Waals surface area contributed by atoms with Crippen molar-refractivity contribution in [3.05, 3.63) is 70.6 Å². The number of carbonyl (C=O) groups excluding carboxylic acids is 3. The lowest BCUT2D eigenvalue weighted by Gasteiger charge is -2.02. The van der Waals surface area contributed by atoms with Gasteiger partial charge in [0, 0.05) is 16.5 Å². The SMILES string of the molecule is CCOC(=O)c1ccc(-c2csc(N)n2)cc1.CCOC(=O)c1ccc(C(=O)CBr)cc1. The average Bonchev–Trinajstić information content (AvgIpc) is 3.26. The highest BCUT2D eigenvalue weighted by Crippen LogP contribution is 2.23. The van der Waals surface area contributed by atoms with E-state index >= 15 is 0 Å². The number of aromatic nitrogens is 1. The van der Waals surface area contributed by atoms with E-state index in [4.69, 9.17) is 15.2 Å². The number of ketones is 1. The number of rotatable bonds is 7. The molecular formula is C23H23BrN2O5S. The van der Waals surface area contributed by atoms with Gasteiger partial charge in [-0.05, 0) is 38.1 Å². The Hall–Kier alpha value is -3.04. The molecule has 0 aliphatic heterocycles. The number of nitrogen functional groups attached to an aromatic ring is 1. The zero-order valence-electron chi connectivity index (χ0n) is 17.7. The lowest BCUT2D eigenvalue weighted by atomic mass is 10.1. The Morgan fingerprint density at radius 3 is 1.75 bits per heavy atom. The van der Waals surface area contributed by atoms with Crippen LogP contribution in [0.15, 0.2) is 53.9 Å². The molecule has 0 saturated carbocycles. The zero-order valence-corrected chi connectivity index (χ0v) is 20.1. The summed E-state index contributed by atoms with van der Waals surface area (Å²) in [5.41, 5.74) is 8.91. The van der Waals surface area contributed by atoms with E-state index in [1.807, 2.05) is 17.5 Å². The van der Waals surface area contributed by atoms with Crippen LogP contribution in [0.25, 0.3) is 11.3 Å². The molecule has 0 saturated heterocycles. The van der Waals surface area contributed by atoms with Gasteiger partial charge in [0.05, 0.1) is 35.4 Å². The molecule has 0 bridgehead atoms. The number of nitrogens with zero attached hydrogens (tertiary/aromatic N) is 1. The lowest BCUT2D eigenvalue weighted by Crippen LogP contribution is -2.05. The summed E-state index contributed by atoms with van der Waals surface area (Å²) in [5, 5.41) is 2.70. The summed E-state index contributed by atoms with van der Waals surface area (Å²) in [5.74, 6) is -0.683. The number of halogens is 1. The number of esters is 2. The fraction of sp³-hybridized carbons (Fsp3) is 0.217. The molecule has 1 heterocycles. The Morgan fingerprint density at radius 1 is 0.875 bits per heavy atom. The Labute approximate surface area is 198 Å². The topological polar surface area (TPSA) is 109 Å². The highest BCUT2D eigenvalue weighted by atomic mass is 79.9. The van der Waals surface area contributed by atoms with Crippen molar-refractivity contribution in [2.45, 2.75) is 13.8 Å². The predicted molar refractivity (Wildman–Crippen MR) is 128 cm³/mol. The molecule has 0 spiro atoms. The monoisotopic (exact) mass is 518 g/mol. The van der Waals surface area contributed by atoms with Gasteiger partial charge in [0.15, 0.2) is 10.9 Å². The summed E-state index contributed by atoms with van der Waals surface area (Å²) in [7, 11) is 0. The number of thiazole rings is 1. The first-order valence-corrected chi connectivity index (χ1v) is 11.7. The maximum Gasteiger partial charge on any atom is 0.338 e. The van der Waals surface area contributed by atoms with Crippen LogP contribution in [0.3, 0.4) is 0 Å². The maximum atomic E-state index is 11.4. The smallest absolute Gasteiger partial charge is 0.338 e.